The van der Waals surface area contributed by atoms with Gasteiger partial charge in [0.1, 0.15) is 5.76 Å². The number of benzene rings is 1. The summed E-state index contributed by atoms with van der Waals surface area (Å²) in [5.74, 6) is 0.980. The van der Waals surface area contributed by atoms with E-state index >= 15 is 0 Å². The minimum atomic E-state index is -0.130. The van der Waals surface area contributed by atoms with Crippen LogP contribution < -0.4 is 5.56 Å². The third-order valence-corrected chi connectivity index (χ3v) is 7.80. The molecule has 164 valence electrons. The summed E-state index contributed by atoms with van der Waals surface area (Å²) < 4.78 is 7.06. The van der Waals surface area contributed by atoms with E-state index in [1.165, 1.54) is 22.2 Å². The molecule has 1 aliphatic heterocycles. The molecule has 4 heterocycles. The van der Waals surface area contributed by atoms with Crippen molar-refractivity contribution in [3.63, 3.8) is 0 Å². The number of carbonyl (C=O) groups excluding carboxylic acids is 1. The van der Waals surface area contributed by atoms with Gasteiger partial charge in [-0.15, -0.1) is 11.3 Å². The molecule has 32 heavy (non-hydrogen) atoms. The van der Waals surface area contributed by atoms with Crippen LogP contribution in [0.1, 0.15) is 35.6 Å². The predicted molar refractivity (Wildman–Crippen MR) is 127 cm³/mol. The van der Waals surface area contributed by atoms with Gasteiger partial charge in [-0.3, -0.25) is 14.2 Å². The summed E-state index contributed by atoms with van der Waals surface area (Å²) in [5.41, 5.74) is 1.78. The van der Waals surface area contributed by atoms with Crippen molar-refractivity contribution < 1.29 is 9.21 Å². The van der Waals surface area contributed by atoms with Crippen LogP contribution in [0.2, 0.25) is 0 Å². The first kappa shape index (κ1) is 21.0. The predicted octanol–water partition coefficient (Wildman–Crippen LogP) is 4.73. The topological polar surface area (TPSA) is 68.3 Å². The molecule has 0 N–H and O–H groups in total. The van der Waals surface area contributed by atoms with Gasteiger partial charge in [0, 0.05) is 11.4 Å². The monoisotopic (exact) mass is 465 g/mol. The molecule has 0 radical (unpaired) electrons. The largest absolute Gasteiger partial charge is 0.467 e. The average Bonchev–Trinajstić information content (AvgIpc) is 3.51. The fraction of sp³-hybridized carbons (Fsp3) is 0.292. The van der Waals surface area contributed by atoms with Crippen LogP contribution in [-0.4, -0.2) is 32.7 Å². The summed E-state index contributed by atoms with van der Waals surface area (Å²) >= 11 is 3.09. The third-order valence-electron chi connectivity index (χ3n) is 5.85. The molecule has 1 atom stereocenters. The molecule has 1 amide bonds. The fourth-order valence-corrected chi connectivity index (χ4v) is 6.11. The molecule has 1 aromatic carbocycles. The standard InChI is InChI=1S/C24H23N3O3S2/c1-2-20-18-10-13-31-21(18)9-11-26(20)22(28)15-32-24-25-19-8-4-3-7-17(19)23(29)27(24)14-16-6-5-12-30-16/h3-8,10,12-13,20H,2,9,11,14-15H2,1H3. The number of rotatable bonds is 6. The zero-order chi connectivity index (χ0) is 22.1. The van der Waals surface area contributed by atoms with E-state index in [1.54, 1.807) is 34.3 Å². The number of nitrogens with zero attached hydrogens (tertiary/aromatic N) is 3. The van der Waals surface area contributed by atoms with E-state index in [0.717, 1.165) is 19.4 Å². The smallest absolute Gasteiger partial charge is 0.262 e. The van der Waals surface area contributed by atoms with E-state index in [4.69, 9.17) is 9.40 Å². The number of hydrogen-bond acceptors (Lipinski definition) is 6. The van der Waals surface area contributed by atoms with Crippen molar-refractivity contribution in [3.05, 3.63) is 80.7 Å². The fourth-order valence-electron chi connectivity index (χ4n) is 4.30. The number of furan rings is 1. The van der Waals surface area contributed by atoms with E-state index in [1.807, 2.05) is 29.2 Å². The Morgan fingerprint density at radius 2 is 2.12 bits per heavy atom. The summed E-state index contributed by atoms with van der Waals surface area (Å²) in [6, 6.07) is 13.2. The first-order valence-electron chi connectivity index (χ1n) is 10.7. The minimum Gasteiger partial charge on any atom is -0.467 e. The summed E-state index contributed by atoms with van der Waals surface area (Å²) in [5, 5.41) is 3.20. The SMILES string of the molecule is CCC1c2ccsc2CCN1C(=O)CSc1nc2ccccc2c(=O)n1Cc1ccco1. The molecule has 8 heteroatoms. The highest BCUT2D eigenvalue weighted by Crippen LogP contribution is 2.35. The molecule has 1 unspecified atom stereocenters. The molecule has 1 aliphatic rings. The van der Waals surface area contributed by atoms with Crippen molar-refractivity contribution in [1.29, 1.82) is 0 Å². The van der Waals surface area contributed by atoms with Gasteiger partial charge in [0.15, 0.2) is 5.16 Å². The first-order chi connectivity index (χ1) is 15.7. The molecule has 0 aliphatic carbocycles. The van der Waals surface area contributed by atoms with Gasteiger partial charge in [-0.2, -0.15) is 0 Å². The Balaban J connectivity index is 1.42. The zero-order valence-corrected chi connectivity index (χ0v) is 19.3. The van der Waals surface area contributed by atoms with Gasteiger partial charge < -0.3 is 9.32 Å². The highest BCUT2D eigenvalue weighted by molar-refractivity contribution is 7.99. The maximum absolute atomic E-state index is 13.2. The van der Waals surface area contributed by atoms with Gasteiger partial charge >= 0.3 is 0 Å². The van der Waals surface area contributed by atoms with Crippen LogP contribution in [0, 0.1) is 0 Å². The van der Waals surface area contributed by atoms with E-state index < -0.39 is 0 Å². The number of fused-ring (bicyclic) bond motifs is 2. The molecular weight excluding hydrogens is 442 g/mol. The van der Waals surface area contributed by atoms with E-state index in [2.05, 4.69) is 18.4 Å². The summed E-state index contributed by atoms with van der Waals surface area (Å²) in [4.78, 5) is 34.5. The molecule has 3 aromatic heterocycles. The van der Waals surface area contributed by atoms with Gasteiger partial charge in [-0.25, -0.2) is 4.98 Å². The summed E-state index contributed by atoms with van der Waals surface area (Å²) in [6.45, 7) is 3.13. The number of hydrogen-bond donors (Lipinski definition) is 0. The quantitative estimate of drug-likeness (QED) is 0.304. The molecule has 5 rings (SSSR count). The molecule has 0 bridgehead atoms. The Morgan fingerprint density at radius 1 is 1.25 bits per heavy atom. The Labute approximate surface area is 193 Å². The lowest BCUT2D eigenvalue weighted by atomic mass is 9.98. The maximum atomic E-state index is 13.2. The highest BCUT2D eigenvalue weighted by atomic mass is 32.2. The molecule has 0 spiro atoms. The van der Waals surface area contributed by atoms with Gasteiger partial charge in [-0.1, -0.05) is 30.8 Å². The summed E-state index contributed by atoms with van der Waals surface area (Å²) in [7, 11) is 0. The number of thioether (sulfide) groups is 1. The molecule has 4 aromatic rings. The lowest BCUT2D eigenvalue weighted by Gasteiger charge is -2.35. The average molecular weight is 466 g/mol. The molecule has 0 saturated carbocycles. The second kappa shape index (κ2) is 8.96. The number of amides is 1. The zero-order valence-electron chi connectivity index (χ0n) is 17.7. The number of para-hydroxylation sites is 1. The first-order valence-corrected chi connectivity index (χ1v) is 12.5. The van der Waals surface area contributed by atoms with Crippen LogP contribution in [0.25, 0.3) is 10.9 Å². The van der Waals surface area contributed by atoms with Crippen molar-refractivity contribution in [2.45, 2.75) is 37.5 Å². The second-order valence-electron chi connectivity index (χ2n) is 7.73. The van der Waals surface area contributed by atoms with Crippen LogP contribution in [0.5, 0.6) is 0 Å². The van der Waals surface area contributed by atoms with Crippen molar-refractivity contribution in [2.24, 2.45) is 0 Å². The van der Waals surface area contributed by atoms with Crippen LogP contribution in [0.4, 0.5) is 0 Å². The van der Waals surface area contributed by atoms with Gasteiger partial charge in [-0.05, 0) is 54.1 Å². The number of thiophene rings is 1. The van der Waals surface area contributed by atoms with Crippen molar-refractivity contribution in [2.75, 3.05) is 12.3 Å². The molecular formula is C24H23N3O3S2. The third kappa shape index (κ3) is 3.89. The van der Waals surface area contributed by atoms with E-state index in [-0.39, 0.29) is 29.8 Å². The Kier molecular flexibility index (Phi) is 5.89. The number of carbonyl (C=O) groups is 1. The van der Waals surface area contributed by atoms with Gasteiger partial charge in [0.2, 0.25) is 5.91 Å². The lowest BCUT2D eigenvalue weighted by Crippen LogP contribution is -2.40. The van der Waals surface area contributed by atoms with Gasteiger partial charge in [0.25, 0.3) is 5.56 Å². The highest BCUT2D eigenvalue weighted by Gasteiger charge is 2.30. The maximum Gasteiger partial charge on any atom is 0.262 e. The van der Waals surface area contributed by atoms with Crippen molar-refractivity contribution in [1.82, 2.24) is 14.5 Å². The Bertz CT molecular complexity index is 1310. The van der Waals surface area contributed by atoms with Crippen LogP contribution >= 0.6 is 23.1 Å². The minimum absolute atomic E-state index is 0.0747. The molecule has 0 fully saturated rings. The van der Waals surface area contributed by atoms with Crippen molar-refractivity contribution in [3.8, 4) is 0 Å². The Hall–Kier alpha value is -2.84. The Morgan fingerprint density at radius 3 is 2.94 bits per heavy atom. The molecule has 0 saturated heterocycles. The second-order valence-corrected chi connectivity index (χ2v) is 9.67. The van der Waals surface area contributed by atoms with E-state index in [9.17, 15) is 9.59 Å². The lowest BCUT2D eigenvalue weighted by molar-refractivity contribution is -0.131. The van der Waals surface area contributed by atoms with Crippen LogP contribution in [0.15, 0.2) is 68.5 Å². The number of aromatic nitrogens is 2. The van der Waals surface area contributed by atoms with Crippen molar-refractivity contribution >= 4 is 39.9 Å². The van der Waals surface area contributed by atoms with Crippen LogP contribution in [-0.2, 0) is 17.8 Å². The van der Waals surface area contributed by atoms with Crippen LogP contribution in [0.3, 0.4) is 0 Å². The van der Waals surface area contributed by atoms with Gasteiger partial charge in [0.05, 0.1) is 35.5 Å². The normalized spacial score (nSPS) is 15.8. The van der Waals surface area contributed by atoms with E-state index in [0.29, 0.717) is 21.8 Å². The molecule has 6 nitrogen and oxygen atoms in total. The summed E-state index contributed by atoms with van der Waals surface area (Å²) in [6.07, 6.45) is 3.38.